The highest BCUT2D eigenvalue weighted by molar-refractivity contribution is 7.97. The van der Waals surface area contributed by atoms with Gasteiger partial charge >= 0.3 is 0 Å². The molecule has 1 aliphatic heterocycles. The van der Waals surface area contributed by atoms with E-state index >= 15 is 0 Å². The number of hydrogen-bond acceptors (Lipinski definition) is 3. The smallest absolute Gasteiger partial charge is 0.251 e. The van der Waals surface area contributed by atoms with Crippen LogP contribution < -0.4 is 10.6 Å². The van der Waals surface area contributed by atoms with Crippen LogP contribution in [0.3, 0.4) is 0 Å². The predicted molar refractivity (Wildman–Crippen MR) is 77.0 cm³/mol. The van der Waals surface area contributed by atoms with Gasteiger partial charge in [0.25, 0.3) is 5.91 Å². The molecule has 2 rings (SSSR count). The van der Waals surface area contributed by atoms with Crippen LogP contribution >= 0.6 is 11.8 Å². The SMILES string of the molecule is CSCc1ccc(C(=O)N[C@H]2CCCNC2)cc1. The summed E-state index contributed by atoms with van der Waals surface area (Å²) in [6.45, 7) is 1.95. The maximum Gasteiger partial charge on any atom is 0.251 e. The summed E-state index contributed by atoms with van der Waals surface area (Å²) in [7, 11) is 0. The zero-order chi connectivity index (χ0) is 12.8. The Balaban J connectivity index is 1.91. The molecule has 0 unspecified atom stereocenters. The Morgan fingerprint density at radius 2 is 2.22 bits per heavy atom. The minimum absolute atomic E-state index is 0.0411. The highest BCUT2D eigenvalue weighted by Gasteiger charge is 2.15. The topological polar surface area (TPSA) is 41.1 Å². The zero-order valence-electron chi connectivity index (χ0n) is 10.7. The first-order chi connectivity index (χ1) is 8.79. The van der Waals surface area contributed by atoms with Gasteiger partial charge in [-0.3, -0.25) is 4.79 Å². The molecule has 0 spiro atoms. The van der Waals surface area contributed by atoms with Crippen LogP contribution in [0.4, 0.5) is 0 Å². The molecule has 4 heteroatoms. The van der Waals surface area contributed by atoms with Crippen LogP contribution in [0.25, 0.3) is 0 Å². The Labute approximate surface area is 113 Å². The van der Waals surface area contributed by atoms with Crippen LogP contribution in [0, 0.1) is 0 Å². The van der Waals surface area contributed by atoms with Gasteiger partial charge in [0.05, 0.1) is 0 Å². The van der Waals surface area contributed by atoms with Crippen molar-refractivity contribution < 1.29 is 4.79 Å². The molecule has 1 amide bonds. The average molecular weight is 264 g/mol. The van der Waals surface area contributed by atoms with E-state index in [1.807, 2.05) is 24.3 Å². The van der Waals surface area contributed by atoms with E-state index in [0.717, 1.165) is 37.2 Å². The van der Waals surface area contributed by atoms with E-state index < -0.39 is 0 Å². The van der Waals surface area contributed by atoms with E-state index in [2.05, 4.69) is 16.9 Å². The van der Waals surface area contributed by atoms with Crippen LogP contribution in [0.1, 0.15) is 28.8 Å². The third-order valence-corrected chi connectivity index (χ3v) is 3.78. The van der Waals surface area contributed by atoms with Crippen LogP contribution in [0.2, 0.25) is 0 Å². The molecule has 1 aliphatic rings. The van der Waals surface area contributed by atoms with Crippen molar-refractivity contribution in [2.45, 2.75) is 24.6 Å². The molecule has 1 aromatic carbocycles. The summed E-state index contributed by atoms with van der Waals surface area (Å²) in [4.78, 5) is 12.0. The number of thioether (sulfide) groups is 1. The summed E-state index contributed by atoms with van der Waals surface area (Å²) in [6, 6.07) is 8.17. The van der Waals surface area contributed by atoms with E-state index in [4.69, 9.17) is 0 Å². The predicted octanol–water partition coefficient (Wildman–Crippen LogP) is 2.03. The molecule has 2 N–H and O–H groups in total. The largest absolute Gasteiger partial charge is 0.348 e. The molecule has 98 valence electrons. The molecule has 1 atom stereocenters. The van der Waals surface area contributed by atoms with Crippen molar-refractivity contribution in [1.82, 2.24) is 10.6 Å². The maximum absolute atomic E-state index is 12.0. The number of carbonyl (C=O) groups is 1. The lowest BCUT2D eigenvalue weighted by Gasteiger charge is -2.23. The Bertz CT molecular complexity index is 385. The van der Waals surface area contributed by atoms with Gasteiger partial charge < -0.3 is 10.6 Å². The van der Waals surface area contributed by atoms with Crippen molar-refractivity contribution in [1.29, 1.82) is 0 Å². The van der Waals surface area contributed by atoms with E-state index in [1.165, 1.54) is 5.56 Å². The van der Waals surface area contributed by atoms with Gasteiger partial charge in [0.1, 0.15) is 0 Å². The molecule has 0 bridgehead atoms. The van der Waals surface area contributed by atoms with E-state index in [9.17, 15) is 4.79 Å². The van der Waals surface area contributed by atoms with Crippen LogP contribution in [0.5, 0.6) is 0 Å². The number of rotatable bonds is 4. The number of amides is 1. The lowest BCUT2D eigenvalue weighted by molar-refractivity contribution is 0.0930. The summed E-state index contributed by atoms with van der Waals surface area (Å²) >= 11 is 1.79. The number of piperidine rings is 1. The lowest BCUT2D eigenvalue weighted by Crippen LogP contribution is -2.45. The number of nitrogens with one attached hydrogen (secondary N) is 2. The number of benzene rings is 1. The van der Waals surface area contributed by atoms with Gasteiger partial charge in [-0.15, -0.1) is 0 Å². The Hall–Kier alpha value is -1.00. The van der Waals surface area contributed by atoms with Gasteiger partial charge in [-0.05, 0) is 43.3 Å². The monoisotopic (exact) mass is 264 g/mol. The molecule has 0 aromatic heterocycles. The maximum atomic E-state index is 12.0. The Morgan fingerprint density at radius 3 is 2.83 bits per heavy atom. The van der Waals surface area contributed by atoms with Gasteiger partial charge in [0.2, 0.25) is 0 Å². The second-order valence-electron chi connectivity index (χ2n) is 4.65. The zero-order valence-corrected chi connectivity index (χ0v) is 11.6. The van der Waals surface area contributed by atoms with Gasteiger partial charge in [-0.2, -0.15) is 11.8 Å². The summed E-state index contributed by atoms with van der Waals surface area (Å²) in [5.74, 6) is 1.04. The second-order valence-corrected chi connectivity index (χ2v) is 5.51. The quantitative estimate of drug-likeness (QED) is 0.874. The van der Waals surface area contributed by atoms with Gasteiger partial charge in [-0.25, -0.2) is 0 Å². The van der Waals surface area contributed by atoms with Crippen LogP contribution in [-0.2, 0) is 5.75 Å². The molecule has 0 saturated carbocycles. The summed E-state index contributed by atoms with van der Waals surface area (Å²) in [5.41, 5.74) is 2.02. The lowest BCUT2D eigenvalue weighted by atomic mass is 10.1. The van der Waals surface area contributed by atoms with Gasteiger partial charge in [0.15, 0.2) is 0 Å². The highest BCUT2D eigenvalue weighted by atomic mass is 32.2. The first-order valence-electron chi connectivity index (χ1n) is 6.39. The molecule has 0 radical (unpaired) electrons. The van der Waals surface area contributed by atoms with Gasteiger partial charge in [0, 0.05) is 23.9 Å². The first kappa shape index (κ1) is 13.4. The third-order valence-electron chi connectivity index (χ3n) is 3.16. The first-order valence-corrected chi connectivity index (χ1v) is 7.78. The number of hydrogen-bond donors (Lipinski definition) is 2. The highest BCUT2D eigenvalue weighted by Crippen LogP contribution is 2.11. The van der Waals surface area contributed by atoms with Crippen LogP contribution in [-0.4, -0.2) is 31.3 Å². The van der Waals surface area contributed by atoms with Crippen molar-refractivity contribution >= 4 is 17.7 Å². The molecule has 0 aliphatic carbocycles. The molecule has 1 aromatic rings. The van der Waals surface area contributed by atoms with Crippen molar-refractivity contribution in [2.24, 2.45) is 0 Å². The number of carbonyl (C=O) groups excluding carboxylic acids is 1. The molecule has 18 heavy (non-hydrogen) atoms. The molecular formula is C14H20N2OS. The van der Waals surface area contributed by atoms with Crippen molar-refractivity contribution in [2.75, 3.05) is 19.3 Å². The van der Waals surface area contributed by atoms with E-state index in [1.54, 1.807) is 11.8 Å². The second kappa shape index (κ2) is 6.81. The Morgan fingerprint density at radius 1 is 1.44 bits per heavy atom. The fourth-order valence-electron chi connectivity index (χ4n) is 2.16. The summed E-state index contributed by atoms with van der Waals surface area (Å²) in [6.07, 6.45) is 4.29. The molecular weight excluding hydrogens is 244 g/mol. The van der Waals surface area contributed by atoms with Crippen molar-refractivity contribution in [3.8, 4) is 0 Å². The minimum Gasteiger partial charge on any atom is -0.348 e. The van der Waals surface area contributed by atoms with E-state index in [0.29, 0.717) is 0 Å². The average Bonchev–Trinajstić information content (AvgIpc) is 2.41. The molecule has 1 saturated heterocycles. The summed E-state index contributed by atoms with van der Waals surface area (Å²) < 4.78 is 0. The molecule has 1 heterocycles. The minimum atomic E-state index is 0.0411. The van der Waals surface area contributed by atoms with Crippen molar-refractivity contribution in [3.63, 3.8) is 0 Å². The molecule has 3 nitrogen and oxygen atoms in total. The normalized spacial score (nSPS) is 19.5. The fourth-order valence-corrected chi connectivity index (χ4v) is 2.69. The summed E-state index contributed by atoms with van der Waals surface area (Å²) in [5, 5.41) is 6.38. The molecule has 1 fully saturated rings. The fraction of sp³-hybridized carbons (Fsp3) is 0.500. The van der Waals surface area contributed by atoms with Crippen molar-refractivity contribution in [3.05, 3.63) is 35.4 Å². The third kappa shape index (κ3) is 3.75. The van der Waals surface area contributed by atoms with Gasteiger partial charge in [-0.1, -0.05) is 12.1 Å². The van der Waals surface area contributed by atoms with Crippen LogP contribution in [0.15, 0.2) is 24.3 Å². The standard InChI is InChI=1S/C14H20N2OS/c1-18-10-11-4-6-12(7-5-11)14(17)16-13-3-2-8-15-9-13/h4-7,13,15H,2-3,8-10H2,1H3,(H,16,17)/t13-/m0/s1. The Kier molecular flexibility index (Phi) is 5.08. The van der Waals surface area contributed by atoms with E-state index in [-0.39, 0.29) is 11.9 Å².